The van der Waals surface area contributed by atoms with Crippen molar-refractivity contribution >= 4 is 28.9 Å². The van der Waals surface area contributed by atoms with E-state index in [-0.39, 0.29) is 12.5 Å². The minimum Gasteiger partial charge on any atom is -0.454 e. The first-order valence-corrected chi connectivity index (χ1v) is 7.13. The predicted molar refractivity (Wildman–Crippen MR) is 77.4 cm³/mol. The van der Waals surface area contributed by atoms with E-state index in [1.54, 1.807) is 24.3 Å². The molecule has 0 aliphatic carbocycles. The zero-order chi connectivity index (χ0) is 16.4. The SMILES string of the molecule is O=C(Cn1c(=O)oc2ccccc21)OCC(=O)N1CCCC1=O. The van der Waals surface area contributed by atoms with Crippen molar-refractivity contribution in [3.63, 3.8) is 0 Å². The zero-order valence-corrected chi connectivity index (χ0v) is 12.2. The lowest BCUT2D eigenvalue weighted by atomic mass is 10.3. The van der Waals surface area contributed by atoms with Crippen molar-refractivity contribution in [1.29, 1.82) is 0 Å². The van der Waals surface area contributed by atoms with Crippen LogP contribution < -0.4 is 5.76 Å². The minimum atomic E-state index is -0.751. The van der Waals surface area contributed by atoms with Crippen molar-refractivity contribution in [1.82, 2.24) is 9.47 Å². The summed E-state index contributed by atoms with van der Waals surface area (Å²) in [6.07, 6.45) is 0.949. The van der Waals surface area contributed by atoms with Crippen LogP contribution in [0.5, 0.6) is 0 Å². The molecular weight excluding hydrogens is 304 g/mol. The Morgan fingerprint density at radius 1 is 1.22 bits per heavy atom. The average Bonchev–Trinajstić information content (AvgIpc) is 3.09. The zero-order valence-electron chi connectivity index (χ0n) is 12.2. The number of oxazole rings is 1. The topological polar surface area (TPSA) is 98.8 Å². The van der Waals surface area contributed by atoms with E-state index >= 15 is 0 Å². The van der Waals surface area contributed by atoms with E-state index in [0.717, 1.165) is 9.47 Å². The highest BCUT2D eigenvalue weighted by Gasteiger charge is 2.27. The number of hydrogen-bond acceptors (Lipinski definition) is 6. The second-order valence-electron chi connectivity index (χ2n) is 5.13. The molecule has 1 aliphatic rings. The monoisotopic (exact) mass is 318 g/mol. The lowest BCUT2D eigenvalue weighted by Gasteiger charge is -2.13. The molecule has 0 unspecified atom stereocenters. The number of para-hydroxylation sites is 2. The van der Waals surface area contributed by atoms with Crippen LogP contribution >= 0.6 is 0 Å². The standard InChI is InChI=1S/C15H14N2O6/c18-12-6-3-7-16(12)13(19)9-22-14(20)8-17-10-4-1-2-5-11(10)23-15(17)21/h1-2,4-5H,3,6-9H2. The van der Waals surface area contributed by atoms with Gasteiger partial charge in [0.15, 0.2) is 12.2 Å². The molecule has 0 radical (unpaired) electrons. The molecule has 0 saturated carbocycles. The predicted octanol–water partition coefficient (Wildman–Crippen LogP) is 0.287. The molecule has 1 saturated heterocycles. The van der Waals surface area contributed by atoms with Gasteiger partial charge in [0.25, 0.3) is 5.91 Å². The van der Waals surface area contributed by atoms with Gasteiger partial charge in [0.1, 0.15) is 6.54 Å². The first kappa shape index (κ1) is 15.0. The molecule has 23 heavy (non-hydrogen) atoms. The third-order valence-corrected chi connectivity index (χ3v) is 3.59. The van der Waals surface area contributed by atoms with Crippen molar-refractivity contribution in [3.05, 3.63) is 34.8 Å². The molecule has 1 aromatic carbocycles. The Bertz CT molecular complexity index is 834. The Morgan fingerprint density at radius 2 is 2.00 bits per heavy atom. The van der Waals surface area contributed by atoms with E-state index < -0.39 is 24.2 Å². The number of nitrogens with zero attached hydrogens (tertiary/aromatic N) is 2. The van der Waals surface area contributed by atoms with Gasteiger partial charge in [0, 0.05) is 13.0 Å². The second-order valence-corrected chi connectivity index (χ2v) is 5.13. The number of rotatable bonds is 4. The summed E-state index contributed by atoms with van der Waals surface area (Å²) in [5, 5.41) is 0. The van der Waals surface area contributed by atoms with E-state index in [9.17, 15) is 19.2 Å². The van der Waals surface area contributed by atoms with Gasteiger partial charge in [-0.15, -0.1) is 0 Å². The third kappa shape index (κ3) is 3.01. The van der Waals surface area contributed by atoms with Crippen molar-refractivity contribution in [3.8, 4) is 0 Å². The first-order chi connectivity index (χ1) is 11.1. The highest BCUT2D eigenvalue weighted by Crippen LogP contribution is 2.12. The molecule has 0 N–H and O–H groups in total. The summed E-state index contributed by atoms with van der Waals surface area (Å²) in [6, 6.07) is 6.67. The number of carbonyl (C=O) groups is 3. The molecule has 0 atom stereocenters. The van der Waals surface area contributed by atoms with Crippen LogP contribution in [-0.2, 0) is 25.7 Å². The molecule has 2 amide bonds. The number of imide groups is 1. The van der Waals surface area contributed by atoms with Gasteiger partial charge in [0.05, 0.1) is 5.52 Å². The number of likely N-dealkylation sites (tertiary alicyclic amines) is 1. The van der Waals surface area contributed by atoms with Crippen molar-refractivity contribution < 1.29 is 23.5 Å². The summed E-state index contributed by atoms with van der Waals surface area (Å²) in [5.41, 5.74) is 0.833. The van der Waals surface area contributed by atoms with Gasteiger partial charge < -0.3 is 9.15 Å². The van der Waals surface area contributed by atoms with Gasteiger partial charge in [-0.05, 0) is 18.6 Å². The van der Waals surface area contributed by atoms with Crippen LogP contribution in [0.3, 0.4) is 0 Å². The molecule has 3 rings (SSSR count). The molecule has 1 aromatic heterocycles. The van der Waals surface area contributed by atoms with Crippen LogP contribution in [-0.4, -0.2) is 40.4 Å². The number of esters is 1. The Labute approximate surface area is 130 Å². The lowest BCUT2D eigenvalue weighted by Crippen LogP contribution is -2.36. The average molecular weight is 318 g/mol. The number of fused-ring (bicyclic) bond motifs is 1. The van der Waals surface area contributed by atoms with Gasteiger partial charge >= 0.3 is 11.7 Å². The second kappa shape index (κ2) is 6.07. The third-order valence-electron chi connectivity index (χ3n) is 3.59. The van der Waals surface area contributed by atoms with E-state index in [1.807, 2.05) is 0 Å². The summed E-state index contributed by atoms with van der Waals surface area (Å²) in [5.74, 6) is -2.24. The van der Waals surface area contributed by atoms with Crippen molar-refractivity contribution in [2.45, 2.75) is 19.4 Å². The van der Waals surface area contributed by atoms with Crippen LogP contribution in [0.1, 0.15) is 12.8 Å². The molecule has 2 heterocycles. The maximum Gasteiger partial charge on any atom is 0.420 e. The molecule has 1 aliphatic heterocycles. The van der Waals surface area contributed by atoms with Gasteiger partial charge in [-0.2, -0.15) is 0 Å². The quantitative estimate of drug-likeness (QED) is 0.751. The first-order valence-electron chi connectivity index (χ1n) is 7.13. The molecule has 8 heteroatoms. The molecule has 8 nitrogen and oxygen atoms in total. The van der Waals surface area contributed by atoms with Crippen molar-refractivity contribution in [2.24, 2.45) is 0 Å². The Kier molecular flexibility index (Phi) is 3.96. The van der Waals surface area contributed by atoms with Crippen LogP contribution in [0.2, 0.25) is 0 Å². The number of ether oxygens (including phenoxy) is 1. The fraction of sp³-hybridized carbons (Fsp3) is 0.333. The van der Waals surface area contributed by atoms with E-state index in [4.69, 9.17) is 9.15 Å². The van der Waals surface area contributed by atoms with Crippen molar-refractivity contribution in [2.75, 3.05) is 13.2 Å². The van der Waals surface area contributed by atoms with Gasteiger partial charge in [-0.25, -0.2) is 4.79 Å². The fourth-order valence-corrected chi connectivity index (χ4v) is 2.47. The van der Waals surface area contributed by atoms with Gasteiger partial charge in [-0.3, -0.25) is 23.9 Å². The molecule has 1 fully saturated rings. The normalized spacial score (nSPS) is 14.4. The van der Waals surface area contributed by atoms with Crippen LogP contribution in [0, 0.1) is 0 Å². The van der Waals surface area contributed by atoms with E-state index in [2.05, 4.69) is 0 Å². The van der Waals surface area contributed by atoms with Crippen LogP contribution in [0.15, 0.2) is 33.5 Å². The maximum atomic E-state index is 11.8. The summed E-state index contributed by atoms with van der Waals surface area (Å²) >= 11 is 0. The maximum absolute atomic E-state index is 11.8. The summed E-state index contributed by atoms with van der Waals surface area (Å²) < 4.78 is 11.0. The van der Waals surface area contributed by atoms with Crippen LogP contribution in [0.4, 0.5) is 0 Å². The molecule has 120 valence electrons. The van der Waals surface area contributed by atoms with Crippen LogP contribution in [0.25, 0.3) is 11.1 Å². The number of aromatic nitrogens is 1. The van der Waals surface area contributed by atoms with E-state index in [0.29, 0.717) is 30.5 Å². The summed E-state index contributed by atoms with van der Waals surface area (Å²) in [6.45, 7) is -0.534. The number of benzene rings is 1. The highest BCUT2D eigenvalue weighted by atomic mass is 16.5. The molecule has 0 spiro atoms. The highest BCUT2D eigenvalue weighted by molar-refractivity contribution is 5.97. The van der Waals surface area contributed by atoms with E-state index in [1.165, 1.54) is 0 Å². The van der Waals surface area contributed by atoms with Gasteiger partial charge in [-0.1, -0.05) is 12.1 Å². The molecule has 0 bridgehead atoms. The molecule has 2 aromatic rings. The number of amides is 2. The fourth-order valence-electron chi connectivity index (χ4n) is 2.47. The Hall–Kier alpha value is -2.90. The molecular formula is C15H14N2O6. The Balaban J connectivity index is 1.63. The number of carbonyl (C=O) groups excluding carboxylic acids is 3. The van der Waals surface area contributed by atoms with Gasteiger partial charge in [0.2, 0.25) is 5.91 Å². The Morgan fingerprint density at radius 3 is 2.74 bits per heavy atom. The largest absolute Gasteiger partial charge is 0.454 e. The number of hydrogen-bond donors (Lipinski definition) is 0. The lowest BCUT2D eigenvalue weighted by molar-refractivity contribution is -0.155. The summed E-state index contributed by atoms with van der Waals surface area (Å²) in [4.78, 5) is 47.8. The smallest absolute Gasteiger partial charge is 0.420 e. The minimum absolute atomic E-state index is 0.261. The summed E-state index contributed by atoms with van der Waals surface area (Å²) in [7, 11) is 0.